The number of rotatable bonds is 8. The van der Waals surface area contributed by atoms with Gasteiger partial charge in [0.1, 0.15) is 17.6 Å². The topological polar surface area (TPSA) is 188 Å². The Hall–Kier alpha value is -3.02. The first-order valence-electron chi connectivity index (χ1n) is 7.47. The van der Waals surface area contributed by atoms with E-state index >= 15 is 0 Å². The van der Waals surface area contributed by atoms with Crippen LogP contribution in [0.4, 0.5) is 10.1 Å². The number of carbonyl (C=O) groups excluding carboxylic acids is 1. The molecule has 11 nitrogen and oxygen atoms in total. The molecule has 2 aromatic rings. The molecule has 148 valence electrons. The third kappa shape index (κ3) is 6.30. The number of thioether (sulfide) groups is 1. The predicted octanol–water partition coefficient (Wildman–Crippen LogP) is 0.0147. The van der Waals surface area contributed by atoms with E-state index in [9.17, 15) is 17.6 Å². The number of nitrogens with one attached hydrogen (secondary N) is 3. The van der Waals surface area contributed by atoms with Crippen LogP contribution in [0.3, 0.4) is 0 Å². The zero-order valence-corrected chi connectivity index (χ0v) is 15.7. The molecule has 28 heavy (non-hydrogen) atoms. The maximum atomic E-state index is 13.4. The van der Waals surface area contributed by atoms with Gasteiger partial charge >= 0.3 is 0 Å². The van der Waals surface area contributed by atoms with Crippen LogP contribution in [-0.4, -0.2) is 48.5 Å². The Labute approximate surface area is 163 Å². The fourth-order valence-corrected chi connectivity index (χ4v) is 3.12. The molecule has 1 aromatic heterocycles. The van der Waals surface area contributed by atoms with E-state index in [1.54, 1.807) is 6.07 Å². The van der Waals surface area contributed by atoms with Gasteiger partial charge in [0, 0.05) is 18.0 Å². The van der Waals surface area contributed by atoms with Crippen molar-refractivity contribution in [2.24, 2.45) is 5.14 Å². The van der Waals surface area contributed by atoms with Crippen molar-refractivity contribution in [3.63, 3.8) is 0 Å². The highest BCUT2D eigenvalue weighted by Crippen LogP contribution is 2.20. The summed E-state index contributed by atoms with van der Waals surface area (Å²) in [5.41, 5.74) is 0.196. The van der Waals surface area contributed by atoms with E-state index in [2.05, 4.69) is 25.6 Å². The Bertz CT molecular complexity index is 1030. The number of amidine groups is 1. The first kappa shape index (κ1) is 21.3. The molecular formula is C14H14FN7O4S2. The normalized spacial score (nSPS) is 10.9. The molecule has 1 amide bonds. The number of amides is 1. The largest absolute Gasteiger partial charge is 0.354 e. The van der Waals surface area contributed by atoms with E-state index in [1.165, 1.54) is 12.1 Å². The number of nitrogens with zero attached hydrogens (tertiary/aromatic N) is 3. The van der Waals surface area contributed by atoms with Crippen molar-refractivity contribution >= 4 is 39.2 Å². The molecule has 0 aliphatic rings. The summed E-state index contributed by atoms with van der Waals surface area (Å²) < 4.78 is 39.6. The van der Waals surface area contributed by atoms with Crippen molar-refractivity contribution < 1.29 is 22.2 Å². The number of hydrogen-bond donors (Lipinski definition) is 4. The minimum atomic E-state index is -3.90. The lowest BCUT2D eigenvalue weighted by Crippen LogP contribution is -2.34. The van der Waals surface area contributed by atoms with Crippen molar-refractivity contribution in [1.82, 2.24) is 15.6 Å². The Balaban J connectivity index is 1.91. The molecule has 0 radical (unpaired) electrons. The van der Waals surface area contributed by atoms with Gasteiger partial charge in [0.2, 0.25) is 15.9 Å². The molecule has 0 atom stereocenters. The molecule has 0 spiro atoms. The highest BCUT2D eigenvalue weighted by Gasteiger charge is 2.17. The van der Waals surface area contributed by atoms with Gasteiger partial charge in [0.05, 0.1) is 5.56 Å². The highest BCUT2D eigenvalue weighted by atomic mass is 32.2. The van der Waals surface area contributed by atoms with Gasteiger partial charge in [0.25, 0.3) is 0 Å². The summed E-state index contributed by atoms with van der Waals surface area (Å²) in [5.74, 6) is -2.13. The minimum absolute atomic E-state index is 0.0729. The molecule has 0 aliphatic heterocycles. The second-order valence-corrected chi connectivity index (χ2v) is 7.93. The van der Waals surface area contributed by atoms with E-state index < -0.39 is 27.5 Å². The number of anilines is 1. The van der Waals surface area contributed by atoms with E-state index in [0.717, 1.165) is 17.8 Å². The van der Waals surface area contributed by atoms with Gasteiger partial charge in [-0.2, -0.15) is 5.26 Å². The fourth-order valence-electron chi connectivity index (χ4n) is 1.89. The number of aromatic nitrogens is 2. The van der Waals surface area contributed by atoms with Crippen molar-refractivity contribution in [2.75, 3.05) is 23.4 Å². The maximum absolute atomic E-state index is 13.4. The number of halogens is 1. The Kier molecular flexibility index (Phi) is 7.04. The first-order valence-corrected chi connectivity index (χ1v) is 10.2. The third-order valence-corrected chi connectivity index (χ3v) is 4.66. The van der Waals surface area contributed by atoms with Crippen LogP contribution in [0.1, 0.15) is 11.3 Å². The van der Waals surface area contributed by atoms with Gasteiger partial charge in [-0.3, -0.25) is 10.2 Å². The fraction of sp³-hybridized carbons (Fsp3) is 0.214. The highest BCUT2D eigenvalue weighted by molar-refractivity contribution is 7.99. The molecule has 0 fully saturated rings. The van der Waals surface area contributed by atoms with Gasteiger partial charge < -0.3 is 10.6 Å². The number of carbonyl (C=O) groups is 1. The number of nitrogens with two attached hydrogens (primary N) is 1. The lowest BCUT2D eigenvalue weighted by atomic mass is 10.2. The summed E-state index contributed by atoms with van der Waals surface area (Å²) in [6.07, 6.45) is 0. The van der Waals surface area contributed by atoms with E-state index in [-0.39, 0.29) is 28.7 Å². The summed E-state index contributed by atoms with van der Waals surface area (Å²) in [6.45, 7) is 0.121. The molecule has 14 heteroatoms. The monoisotopic (exact) mass is 427 g/mol. The van der Waals surface area contributed by atoms with Crippen molar-refractivity contribution in [1.29, 1.82) is 10.7 Å². The molecule has 2 rings (SSSR count). The Morgan fingerprint density at radius 3 is 2.86 bits per heavy atom. The molecule has 1 aromatic carbocycles. The summed E-state index contributed by atoms with van der Waals surface area (Å²) in [6, 6.07) is 5.38. The van der Waals surface area contributed by atoms with Crippen molar-refractivity contribution in [3.8, 4) is 6.07 Å². The van der Waals surface area contributed by atoms with E-state index in [1.807, 2.05) is 0 Å². The molecule has 0 saturated heterocycles. The van der Waals surface area contributed by atoms with Crippen molar-refractivity contribution in [2.45, 2.75) is 5.03 Å². The molecule has 0 bridgehead atoms. The van der Waals surface area contributed by atoms with Crippen LogP contribution >= 0.6 is 11.8 Å². The lowest BCUT2D eigenvalue weighted by molar-refractivity contribution is -0.118. The van der Waals surface area contributed by atoms with Crippen LogP contribution in [0.15, 0.2) is 27.9 Å². The van der Waals surface area contributed by atoms with Gasteiger partial charge in [-0.25, -0.2) is 22.6 Å². The molecule has 0 saturated carbocycles. The van der Waals surface area contributed by atoms with Gasteiger partial charge in [-0.15, -0.1) is 0 Å². The number of hydrogen-bond acceptors (Lipinski definition) is 9. The standard InChI is InChI=1S/C14H14FN7O4S2/c15-10-2-1-9(5-8(10)6-16)20-13(17)12-14(22-26-21-12)27-4-3-19-11(23)7-28(18,24)25/h1-2,5H,3-4,7H2,(H2,17,20)(H,19,23)(H2,18,24,25). The molecule has 0 unspecified atom stereocenters. The SMILES string of the molecule is N#Cc1cc(NC(=N)c2nonc2SCCNC(=O)CS(N)(=O)=O)ccc1F. The van der Waals surface area contributed by atoms with Crippen LogP contribution in [0, 0.1) is 22.6 Å². The quantitative estimate of drug-likeness (QED) is 0.195. The van der Waals surface area contributed by atoms with Crippen LogP contribution in [0.5, 0.6) is 0 Å². The van der Waals surface area contributed by atoms with Crippen LogP contribution < -0.4 is 15.8 Å². The second-order valence-electron chi connectivity index (χ2n) is 5.23. The summed E-state index contributed by atoms with van der Waals surface area (Å²) in [7, 11) is -3.90. The molecule has 5 N–H and O–H groups in total. The first-order chi connectivity index (χ1) is 13.2. The molecule has 0 aliphatic carbocycles. The Morgan fingerprint density at radius 2 is 2.18 bits per heavy atom. The Morgan fingerprint density at radius 1 is 1.43 bits per heavy atom. The van der Waals surface area contributed by atoms with Crippen molar-refractivity contribution in [3.05, 3.63) is 35.3 Å². The summed E-state index contributed by atoms with van der Waals surface area (Å²) in [4.78, 5) is 11.4. The van der Waals surface area contributed by atoms with Gasteiger partial charge in [-0.1, -0.05) is 11.8 Å². The van der Waals surface area contributed by atoms with Gasteiger partial charge in [-0.05, 0) is 28.5 Å². The van der Waals surface area contributed by atoms with Crippen LogP contribution in [0.2, 0.25) is 0 Å². The molecule has 1 heterocycles. The molecular weight excluding hydrogens is 413 g/mol. The lowest BCUT2D eigenvalue weighted by Gasteiger charge is -2.07. The zero-order chi connectivity index (χ0) is 20.7. The number of nitriles is 1. The number of benzene rings is 1. The summed E-state index contributed by atoms with van der Waals surface area (Å²) >= 11 is 1.11. The predicted molar refractivity (Wildman–Crippen MR) is 97.6 cm³/mol. The van der Waals surface area contributed by atoms with E-state index in [0.29, 0.717) is 11.4 Å². The van der Waals surface area contributed by atoms with Gasteiger partial charge in [0.15, 0.2) is 16.6 Å². The van der Waals surface area contributed by atoms with E-state index in [4.69, 9.17) is 15.8 Å². The smallest absolute Gasteiger partial charge is 0.236 e. The minimum Gasteiger partial charge on any atom is -0.354 e. The second kappa shape index (κ2) is 9.26. The zero-order valence-electron chi connectivity index (χ0n) is 14.1. The third-order valence-electron chi connectivity index (χ3n) is 3.05. The number of sulfonamides is 1. The van der Waals surface area contributed by atoms with Crippen LogP contribution in [-0.2, 0) is 14.8 Å². The maximum Gasteiger partial charge on any atom is 0.236 e. The number of primary sulfonamides is 1. The average molecular weight is 427 g/mol. The van der Waals surface area contributed by atoms with Crippen LogP contribution in [0.25, 0.3) is 0 Å². The summed E-state index contributed by atoms with van der Waals surface area (Å²) in [5, 5.41) is 34.2. The average Bonchev–Trinajstić information content (AvgIpc) is 3.07.